The molecule has 6 nitrogen and oxygen atoms in total. The third-order valence-corrected chi connectivity index (χ3v) is 1.83. The van der Waals surface area contributed by atoms with Crippen LogP contribution in [0.5, 0.6) is 11.8 Å². The molecule has 0 unspecified atom stereocenters. The molecule has 0 bridgehead atoms. The van der Waals surface area contributed by atoms with Gasteiger partial charge in [-0.15, -0.1) is 13.2 Å². The first-order chi connectivity index (χ1) is 8.23. The van der Waals surface area contributed by atoms with Crippen LogP contribution in [-0.2, 0) is 11.2 Å². The van der Waals surface area contributed by atoms with E-state index in [1.807, 2.05) is 4.98 Å². The summed E-state index contributed by atoms with van der Waals surface area (Å²) in [7, 11) is 1.08. The topological polar surface area (TPSA) is 88.6 Å². The summed E-state index contributed by atoms with van der Waals surface area (Å²) in [6.07, 6.45) is -5.65. The number of ether oxygens (including phenoxy) is 2. The summed E-state index contributed by atoms with van der Waals surface area (Å²) >= 11 is 0. The number of aromatic amines is 1. The SMILES string of the molecule is COc1[nH]c(OC(F)(F)F)cc(=O)c1CC(=O)O. The number of rotatable bonds is 4. The van der Waals surface area contributed by atoms with Gasteiger partial charge in [-0.25, -0.2) is 0 Å². The standard InChI is InChI=1S/C9H8F3NO5/c1-17-8-4(2-7(15)16)5(14)3-6(13-8)18-9(10,11)12/h3H,2H2,1H3,(H,13,14)(H,15,16). The van der Waals surface area contributed by atoms with Crippen molar-refractivity contribution in [2.24, 2.45) is 0 Å². The number of alkyl halides is 3. The molecule has 2 N–H and O–H groups in total. The van der Waals surface area contributed by atoms with Gasteiger partial charge in [0.15, 0.2) is 5.43 Å². The van der Waals surface area contributed by atoms with E-state index in [0.717, 1.165) is 7.11 Å². The number of H-pyrrole nitrogens is 1. The van der Waals surface area contributed by atoms with Crippen molar-refractivity contribution in [2.45, 2.75) is 12.8 Å². The van der Waals surface area contributed by atoms with Crippen molar-refractivity contribution in [3.8, 4) is 11.8 Å². The van der Waals surface area contributed by atoms with Crippen LogP contribution in [0.25, 0.3) is 0 Å². The lowest BCUT2D eigenvalue weighted by molar-refractivity contribution is -0.276. The lowest BCUT2D eigenvalue weighted by Gasteiger charge is -2.11. The smallest absolute Gasteiger partial charge is 0.482 e. The van der Waals surface area contributed by atoms with Crippen molar-refractivity contribution in [2.75, 3.05) is 7.11 Å². The molecule has 1 aromatic rings. The van der Waals surface area contributed by atoms with Crippen LogP contribution >= 0.6 is 0 Å². The molecule has 100 valence electrons. The van der Waals surface area contributed by atoms with Crippen LogP contribution in [0, 0.1) is 0 Å². The zero-order chi connectivity index (χ0) is 13.9. The van der Waals surface area contributed by atoms with Gasteiger partial charge >= 0.3 is 12.3 Å². The van der Waals surface area contributed by atoms with Gasteiger partial charge in [-0.2, -0.15) is 0 Å². The van der Waals surface area contributed by atoms with Crippen LogP contribution in [0.15, 0.2) is 10.9 Å². The lowest BCUT2D eigenvalue weighted by atomic mass is 10.2. The average molecular weight is 267 g/mol. The summed E-state index contributed by atoms with van der Waals surface area (Å²) in [6, 6.07) is 0.508. The predicted octanol–water partition coefficient (Wildman–Crippen LogP) is 0.909. The number of halogens is 3. The molecule has 0 amide bonds. The van der Waals surface area contributed by atoms with Crippen LogP contribution in [0.4, 0.5) is 13.2 Å². The molecule has 0 atom stereocenters. The van der Waals surface area contributed by atoms with E-state index in [4.69, 9.17) is 5.11 Å². The van der Waals surface area contributed by atoms with Crippen molar-refractivity contribution in [1.82, 2.24) is 4.98 Å². The first kappa shape index (κ1) is 13.9. The zero-order valence-electron chi connectivity index (χ0n) is 9.00. The fourth-order valence-electron chi connectivity index (χ4n) is 1.21. The average Bonchev–Trinajstić information content (AvgIpc) is 2.18. The normalized spacial score (nSPS) is 11.1. The highest BCUT2D eigenvalue weighted by molar-refractivity contribution is 5.71. The second kappa shape index (κ2) is 4.98. The summed E-state index contributed by atoms with van der Waals surface area (Å²) < 4.78 is 43.9. The lowest BCUT2D eigenvalue weighted by Crippen LogP contribution is -2.21. The first-order valence-corrected chi connectivity index (χ1v) is 4.50. The first-order valence-electron chi connectivity index (χ1n) is 4.50. The fourth-order valence-corrected chi connectivity index (χ4v) is 1.21. The van der Waals surface area contributed by atoms with Crippen molar-refractivity contribution in [1.29, 1.82) is 0 Å². The van der Waals surface area contributed by atoms with Gasteiger partial charge in [0, 0.05) is 6.07 Å². The molecular formula is C9H8F3NO5. The Morgan fingerprint density at radius 3 is 2.56 bits per heavy atom. The molecule has 1 rings (SSSR count). The summed E-state index contributed by atoms with van der Waals surface area (Å²) in [6.45, 7) is 0. The van der Waals surface area contributed by atoms with E-state index < -0.39 is 30.1 Å². The maximum absolute atomic E-state index is 11.9. The number of carboxylic acid groups (broad SMARTS) is 1. The maximum Gasteiger partial charge on any atom is 0.574 e. The molecule has 0 fully saturated rings. The largest absolute Gasteiger partial charge is 0.574 e. The molecule has 0 saturated carbocycles. The molecule has 18 heavy (non-hydrogen) atoms. The molecule has 0 aliphatic carbocycles. The second-order valence-corrected chi connectivity index (χ2v) is 3.13. The Morgan fingerprint density at radius 2 is 2.11 bits per heavy atom. The minimum Gasteiger partial charge on any atom is -0.482 e. The van der Waals surface area contributed by atoms with E-state index in [9.17, 15) is 22.8 Å². The van der Waals surface area contributed by atoms with E-state index in [0.29, 0.717) is 6.07 Å². The van der Waals surface area contributed by atoms with Gasteiger partial charge in [-0.05, 0) is 0 Å². The number of aliphatic carboxylic acids is 1. The summed E-state index contributed by atoms with van der Waals surface area (Å²) in [5.41, 5.74) is -1.22. The number of hydrogen-bond acceptors (Lipinski definition) is 4. The summed E-state index contributed by atoms with van der Waals surface area (Å²) in [5, 5.41) is 8.55. The third-order valence-electron chi connectivity index (χ3n) is 1.83. The predicted molar refractivity (Wildman–Crippen MR) is 51.6 cm³/mol. The molecule has 1 heterocycles. The highest BCUT2D eigenvalue weighted by atomic mass is 19.4. The quantitative estimate of drug-likeness (QED) is 0.846. The van der Waals surface area contributed by atoms with E-state index in [1.54, 1.807) is 0 Å². The Kier molecular flexibility index (Phi) is 3.84. The second-order valence-electron chi connectivity index (χ2n) is 3.13. The molecule has 0 saturated heterocycles. The Balaban J connectivity index is 3.19. The van der Waals surface area contributed by atoms with E-state index in [-0.39, 0.29) is 11.4 Å². The number of carbonyl (C=O) groups is 1. The van der Waals surface area contributed by atoms with Gasteiger partial charge in [0.2, 0.25) is 11.8 Å². The van der Waals surface area contributed by atoms with Crippen LogP contribution in [0.2, 0.25) is 0 Å². The Morgan fingerprint density at radius 1 is 1.50 bits per heavy atom. The molecule has 0 spiro atoms. The van der Waals surface area contributed by atoms with Crippen LogP contribution < -0.4 is 14.9 Å². The Bertz CT molecular complexity index is 508. The van der Waals surface area contributed by atoms with Crippen molar-refractivity contribution in [3.05, 3.63) is 21.9 Å². The Labute approximate surface area is 98.0 Å². The van der Waals surface area contributed by atoms with Crippen LogP contribution in [-0.4, -0.2) is 29.5 Å². The number of aromatic nitrogens is 1. The monoisotopic (exact) mass is 267 g/mol. The molecule has 0 aromatic carbocycles. The number of pyridine rings is 1. The Hall–Kier alpha value is -2.19. The van der Waals surface area contributed by atoms with Crippen molar-refractivity contribution < 1.29 is 32.5 Å². The van der Waals surface area contributed by atoms with Gasteiger partial charge in [0.1, 0.15) is 0 Å². The molecular weight excluding hydrogens is 259 g/mol. The minimum absolute atomic E-state index is 0.292. The fraction of sp³-hybridized carbons (Fsp3) is 0.333. The molecule has 1 aromatic heterocycles. The summed E-state index contributed by atoms with van der Waals surface area (Å²) in [4.78, 5) is 24.0. The number of carboxylic acids is 1. The van der Waals surface area contributed by atoms with E-state index in [2.05, 4.69) is 9.47 Å². The highest BCUT2D eigenvalue weighted by Crippen LogP contribution is 2.23. The maximum atomic E-state index is 11.9. The van der Waals surface area contributed by atoms with Crippen molar-refractivity contribution in [3.63, 3.8) is 0 Å². The van der Waals surface area contributed by atoms with Crippen LogP contribution in [0.1, 0.15) is 5.56 Å². The molecule has 0 aliphatic rings. The van der Waals surface area contributed by atoms with Crippen molar-refractivity contribution >= 4 is 5.97 Å². The number of nitrogens with one attached hydrogen (secondary N) is 1. The van der Waals surface area contributed by atoms with E-state index >= 15 is 0 Å². The van der Waals surface area contributed by atoms with Gasteiger partial charge in [0.25, 0.3) is 0 Å². The van der Waals surface area contributed by atoms with Gasteiger partial charge < -0.3 is 14.6 Å². The van der Waals surface area contributed by atoms with E-state index in [1.165, 1.54) is 0 Å². The number of hydrogen-bond donors (Lipinski definition) is 2. The number of methoxy groups -OCH3 is 1. The van der Waals surface area contributed by atoms with Gasteiger partial charge in [-0.3, -0.25) is 14.6 Å². The highest BCUT2D eigenvalue weighted by Gasteiger charge is 2.32. The third kappa shape index (κ3) is 3.68. The zero-order valence-corrected chi connectivity index (χ0v) is 9.00. The minimum atomic E-state index is -4.97. The van der Waals surface area contributed by atoms with Gasteiger partial charge in [-0.1, -0.05) is 0 Å². The van der Waals surface area contributed by atoms with Crippen LogP contribution in [0.3, 0.4) is 0 Å². The van der Waals surface area contributed by atoms with Gasteiger partial charge in [0.05, 0.1) is 19.1 Å². The summed E-state index contributed by atoms with van der Waals surface area (Å²) in [5.74, 6) is -2.58. The molecule has 9 heteroatoms. The molecule has 0 aliphatic heterocycles. The molecule has 0 radical (unpaired) electrons.